The Morgan fingerprint density at radius 1 is 1.28 bits per heavy atom. The fraction of sp³-hybridized carbons (Fsp3) is 0.0769. The molecule has 0 saturated carbocycles. The number of hydrogen-bond acceptors (Lipinski definition) is 3. The molecule has 0 radical (unpaired) electrons. The van der Waals surface area contributed by atoms with Gasteiger partial charge in [0, 0.05) is 18.1 Å². The zero-order chi connectivity index (χ0) is 12.5. The molecule has 0 spiro atoms. The van der Waals surface area contributed by atoms with Crippen LogP contribution in [0.4, 0.5) is 0 Å². The van der Waals surface area contributed by atoms with Crippen molar-refractivity contribution < 1.29 is 0 Å². The van der Waals surface area contributed by atoms with E-state index in [-0.39, 0.29) is 0 Å². The van der Waals surface area contributed by atoms with Gasteiger partial charge in [0.25, 0.3) is 0 Å². The van der Waals surface area contributed by atoms with E-state index in [0.717, 1.165) is 26.8 Å². The minimum absolute atomic E-state index is 0.417. The molecule has 3 aromatic rings. The van der Waals surface area contributed by atoms with Gasteiger partial charge < -0.3 is 5.73 Å². The van der Waals surface area contributed by atoms with Crippen LogP contribution in [0.25, 0.3) is 16.6 Å². The fourth-order valence-electron chi connectivity index (χ4n) is 1.94. The van der Waals surface area contributed by atoms with E-state index < -0.39 is 0 Å². The Labute approximate surface area is 113 Å². The highest BCUT2D eigenvalue weighted by atomic mass is 79.9. The number of para-hydroxylation sites is 1. The fourth-order valence-corrected chi connectivity index (χ4v) is 2.22. The van der Waals surface area contributed by atoms with Crippen molar-refractivity contribution in [2.75, 3.05) is 0 Å². The van der Waals surface area contributed by atoms with Gasteiger partial charge in [-0.3, -0.25) is 4.98 Å². The predicted octanol–water partition coefficient (Wildman–Crippen LogP) is 2.64. The summed E-state index contributed by atoms with van der Waals surface area (Å²) in [7, 11) is 0. The molecular formula is C13H11BrN4. The zero-order valence-corrected chi connectivity index (χ0v) is 11.1. The molecule has 5 heteroatoms. The van der Waals surface area contributed by atoms with E-state index in [4.69, 9.17) is 5.73 Å². The highest BCUT2D eigenvalue weighted by Gasteiger charge is 2.07. The average Bonchev–Trinajstić information content (AvgIpc) is 2.84. The first kappa shape index (κ1) is 11.4. The van der Waals surface area contributed by atoms with E-state index in [9.17, 15) is 0 Å². The standard InChI is InChI=1S/C13H11BrN4/c14-9-7-16-18(8-9)13-5-10(6-15)17-12-4-2-1-3-11(12)13/h1-5,7-8H,6,15H2. The van der Waals surface area contributed by atoms with Gasteiger partial charge in [0.15, 0.2) is 0 Å². The Balaban J connectivity index is 2.32. The van der Waals surface area contributed by atoms with Crippen molar-refractivity contribution in [1.29, 1.82) is 0 Å². The number of nitrogens with two attached hydrogens (primary N) is 1. The van der Waals surface area contributed by atoms with Gasteiger partial charge in [0.2, 0.25) is 0 Å². The lowest BCUT2D eigenvalue weighted by Gasteiger charge is -2.08. The maximum absolute atomic E-state index is 5.69. The number of fused-ring (bicyclic) bond motifs is 1. The SMILES string of the molecule is NCc1cc(-n2cc(Br)cn2)c2ccccc2n1. The summed E-state index contributed by atoms with van der Waals surface area (Å²) in [4.78, 5) is 4.51. The largest absolute Gasteiger partial charge is 0.325 e. The lowest BCUT2D eigenvalue weighted by Crippen LogP contribution is -2.04. The van der Waals surface area contributed by atoms with Crippen LogP contribution in [0, 0.1) is 0 Å². The van der Waals surface area contributed by atoms with Crippen LogP contribution >= 0.6 is 15.9 Å². The van der Waals surface area contributed by atoms with Crippen LogP contribution < -0.4 is 5.73 Å². The summed E-state index contributed by atoms with van der Waals surface area (Å²) >= 11 is 3.41. The van der Waals surface area contributed by atoms with Crippen LogP contribution in [0.15, 0.2) is 47.2 Å². The van der Waals surface area contributed by atoms with Gasteiger partial charge in [0.1, 0.15) is 0 Å². The number of aromatic nitrogens is 3. The van der Waals surface area contributed by atoms with Crippen LogP contribution in [-0.2, 0) is 6.54 Å². The normalized spacial score (nSPS) is 11.0. The molecule has 0 fully saturated rings. The second-order valence-electron chi connectivity index (χ2n) is 3.96. The van der Waals surface area contributed by atoms with Crippen molar-refractivity contribution >= 4 is 26.8 Å². The van der Waals surface area contributed by atoms with Crippen molar-refractivity contribution in [1.82, 2.24) is 14.8 Å². The van der Waals surface area contributed by atoms with Crippen molar-refractivity contribution in [2.24, 2.45) is 5.73 Å². The molecule has 0 amide bonds. The zero-order valence-electron chi connectivity index (χ0n) is 9.55. The number of benzene rings is 1. The van der Waals surface area contributed by atoms with E-state index in [1.165, 1.54) is 0 Å². The highest BCUT2D eigenvalue weighted by Crippen LogP contribution is 2.22. The summed E-state index contributed by atoms with van der Waals surface area (Å²) in [6.45, 7) is 0.417. The molecule has 1 aromatic carbocycles. The summed E-state index contributed by atoms with van der Waals surface area (Å²) in [6.07, 6.45) is 3.68. The number of pyridine rings is 1. The molecule has 0 aliphatic carbocycles. The molecule has 18 heavy (non-hydrogen) atoms. The molecule has 0 saturated heterocycles. The summed E-state index contributed by atoms with van der Waals surface area (Å²) in [6, 6.07) is 9.96. The van der Waals surface area contributed by atoms with Crippen LogP contribution in [0.3, 0.4) is 0 Å². The summed E-state index contributed by atoms with van der Waals surface area (Å²) in [5.41, 5.74) is 8.47. The second-order valence-corrected chi connectivity index (χ2v) is 4.87. The third-order valence-electron chi connectivity index (χ3n) is 2.75. The lowest BCUT2D eigenvalue weighted by atomic mass is 10.1. The summed E-state index contributed by atoms with van der Waals surface area (Å²) < 4.78 is 2.77. The third-order valence-corrected chi connectivity index (χ3v) is 3.16. The number of nitrogens with zero attached hydrogens (tertiary/aromatic N) is 3. The molecule has 0 unspecified atom stereocenters. The number of halogens is 1. The van der Waals surface area contributed by atoms with E-state index in [2.05, 4.69) is 26.0 Å². The first-order valence-corrected chi connectivity index (χ1v) is 6.36. The van der Waals surface area contributed by atoms with E-state index in [0.29, 0.717) is 6.54 Å². The topological polar surface area (TPSA) is 56.7 Å². The molecule has 0 aliphatic heterocycles. The van der Waals surface area contributed by atoms with E-state index >= 15 is 0 Å². The molecule has 2 heterocycles. The second kappa shape index (κ2) is 4.51. The van der Waals surface area contributed by atoms with Gasteiger partial charge in [-0.05, 0) is 28.1 Å². The summed E-state index contributed by atoms with van der Waals surface area (Å²) in [5, 5.41) is 5.37. The van der Waals surface area contributed by atoms with Gasteiger partial charge in [-0.2, -0.15) is 5.10 Å². The molecule has 3 rings (SSSR count). The quantitative estimate of drug-likeness (QED) is 0.792. The molecule has 2 aromatic heterocycles. The monoisotopic (exact) mass is 302 g/mol. The highest BCUT2D eigenvalue weighted by molar-refractivity contribution is 9.10. The van der Waals surface area contributed by atoms with Gasteiger partial charge >= 0.3 is 0 Å². The number of rotatable bonds is 2. The molecular weight excluding hydrogens is 292 g/mol. The Kier molecular flexibility index (Phi) is 2.85. The van der Waals surface area contributed by atoms with Crippen LogP contribution in [-0.4, -0.2) is 14.8 Å². The van der Waals surface area contributed by atoms with Crippen LogP contribution in [0.5, 0.6) is 0 Å². The van der Waals surface area contributed by atoms with Gasteiger partial charge in [-0.25, -0.2) is 4.68 Å². The summed E-state index contributed by atoms with van der Waals surface area (Å²) in [5.74, 6) is 0. The minimum Gasteiger partial charge on any atom is -0.325 e. The van der Waals surface area contributed by atoms with Crippen molar-refractivity contribution in [3.63, 3.8) is 0 Å². The average molecular weight is 303 g/mol. The molecule has 0 atom stereocenters. The number of hydrogen-bond donors (Lipinski definition) is 1. The molecule has 4 nitrogen and oxygen atoms in total. The lowest BCUT2D eigenvalue weighted by molar-refractivity contribution is 0.878. The van der Waals surface area contributed by atoms with Gasteiger partial charge in [-0.1, -0.05) is 18.2 Å². The van der Waals surface area contributed by atoms with E-state index in [1.807, 2.05) is 41.2 Å². The van der Waals surface area contributed by atoms with Crippen molar-refractivity contribution in [3.8, 4) is 5.69 Å². The Morgan fingerprint density at radius 3 is 2.83 bits per heavy atom. The Morgan fingerprint density at radius 2 is 2.11 bits per heavy atom. The van der Waals surface area contributed by atoms with E-state index in [1.54, 1.807) is 6.20 Å². The predicted molar refractivity (Wildman–Crippen MR) is 74.5 cm³/mol. The maximum Gasteiger partial charge on any atom is 0.0758 e. The molecule has 0 bridgehead atoms. The molecule has 2 N–H and O–H groups in total. The maximum atomic E-state index is 5.69. The third kappa shape index (κ3) is 1.91. The Bertz CT molecular complexity index is 705. The minimum atomic E-state index is 0.417. The van der Waals surface area contributed by atoms with Crippen LogP contribution in [0.1, 0.15) is 5.69 Å². The molecule has 90 valence electrons. The molecule has 0 aliphatic rings. The smallest absolute Gasteiger partial charge is 0.0758 e. The first-order valence-electron chi connectivity index (χ1n) is 5.57. The van der Waals surface area contributed by atoms with Crippen molar-refractivity contribution in [3.05, 3.63) is 52.9 Å². The van der Waals surface area contributed by atoms with Crippen molar-refractivity contribution in [2.45, 2.75) is 6.54 Å². The van der Waals surface area contributed by atoms with Gasteiger partial charge in [-0.15, -0.1) is 0 Å². The van der Waals surface area contributed by atoms with Gasteiger partial charge in [0.05, 0.1) is 27.6 Å². The first-order chi connectivity index (χ1) is 8.78. The Hall–Kier alpha value is -1.72. The van der Waals surface area contributed by atoms with Crippen LogP contribution in [0.2, 0.25) is 0 Å².